The third-order valence-electron chi connectivity index (χ3n) is 6.06. The molecule has 1 atom stereocenters. The van der Waals surface area contributed by atoms with E-state index in [9.17, 15) is 9.59 Å². The van der Waals surface area contributed by atoms with Gasteiger partial charge in [-0.15, -0.1) is 0 Å². The molecule has 0 fully saturated rings. The zero-order chi connectivity index (χ0) is 23.0. The van der Waals surface area contributed by atoms with Crippen LogP contribution in [0.2, 0.25) is 0 Å². The van der Waals surface area contributed by atoms with Gasteiger partial charge in [-0.2, -0.15) is 0 Å². The molecule has 0 spiro atoms. The predicted molar refractivity (Wildman–Crippen MR) is 131 cm³/mol. The SMILES string of the molecule is CN(C(=O)c1cccc(C(=O)NCCCOC2CCCc3ccccc32)c1)c1ccccc1. The molecule has 4 rings (SSSR count). The van der Waals surface area contributed by atoms with Gasteiger partial charge in [-0.1, -0.05) is 48.5 Å². The fraction of sp³-hybridized carbons (Fsp3) is 0.286. The Kier molecular flexibility index (Phi) is 7.53. The van der Waals surface area contributed by atoms with Crippen LogP contribution in [0, 0.1) is 0 Å². The molecule has 1 N–H and O–H groups in total. The molecule has 1 aliphatic carbocycles. The van der Waals surface area contributed by atoms with Crippen molar-refractivity contribution in [1.82, 2.24) is 5.32 Å². The van der Waals surface area contributed by atoms with Crippen molar-refractivity contribution in [3.05, 3.63) is 101 Å². The van der Waals surface area contributed by atoms with Crippen molar-refractivity contribution in [2.75, 3.05) is 25.1 Å². The minimum absolute atomic E-state index is 0.148. The zero-order valence-electron chi connectivity index (χ0n) is 19.0. The van der Waals surface area contributed by atoms with E-state index in [2.05, 4.69) is 29.6 Å². The maximum atomic E-state index is 12.8. The van der Waals surface area contributed by atoms with E-state index >= 15 is 0 Å². The largest absolute Gasteiger partial charge is 0.373 e. The number of carbonyl (C=O) groups excluding carboxylic acids is 2. The number of para-hydroxylation sites is 1. The average molecular weight is 443 g/mol. The number of amides is 2. The number of anilines is 1. The molecule has 0 heterocycles. The average Bonchev–Trinajstić information content (AvgIpc) is 2.88. The quantitative estimate of drug-likeness (QED) is 0.489. The van der Waals surface area contributed by atoms with Gasteiger partial charge in [0.25, 0.3) is 11.8 Å². The second kappa shape index (κ2) is 10.9. The monoisotopic (exact) mass is 442 g/mol. The number of carbonyl (C=O) groups is 2. The van der Waals surface area contributed by atoms with Crippen molar-refractivity contribution in [3.63, 3.8) is 0 Å². The molecule has 170 valence electrons. The van der Waals surface area contributed by atoms with Crippen molar-refractivity contribution < 1.29 is 14.3 Å². The summed E-state index contributed by atoms with van der Waals surface area (Å²) in [4.78, 5) is 27.0. The van der Waals surface area contributed by atoms with Gasteiger partial charge in [0.1, 0.15) is 0 Å². The van der Waals surface area contributed by atoms with Gasteiger partial charge in [0.2, 0.25) is 0 Å². The Balaban J connectivity index is 1.26. The van der Waals surface area contributed by atoms with E-state index < -0.39 is 0 Å². The third-order valence-corrected chi connectivity index (χ3v) is 6.06. The number of hydrogen-bond acceptors (Lipinski definition) is 3. The maximum Gasteiger partial charge on any atom is 0.258 e. The summed E-state index contributed by atoms with van der Waals surface area (Å²) in [6, 6.07) is 24.8. The third kappa shape index (κ3) is 5.68. The number of nitrogens with one attached hydrogen (secondary N) is 1. The molecule has 33 heavy (non-hydrogen) atoms. The second-order valence-corrected chi connectivity index (χ2v) is 8.34. The fourth-order valence-electron chi connectivity index (χ4n) is 4.24. The van der Waals surface area contributed by atoms with Crippen molar-refractivity contribution in [3.8, 4) is 0 Å². The van der Waals surface area contributed by atoms with E-state index in [1.54, 1.807) is 36.2 Å². The number of ether oxygens (including phenoxy) is 1. The van der Waals surface area contributed by atoms with Gasteiger partial charge in [-0.3, -0.25) is 9.59 Å². The maximum absolute atomic E-state index is 12.8. The Hall–Kier alpha value is -3.44. The molecule has 0 aliphatic heterocycles. The number of hydrogen-bond donors (Lipinski definition) is 1. The standard InChI is InChI=1S/C28H30N2O3/c1-30(24-14-3-2-4-15-24)28(32)23-13-7-12-22(20-23)27(31)29-18-9-19-33-26-17-8-11-21-10-5-6-16-25(21)26/h2-7,10,12-16,20,26H,8-9,11,17-19H2,1H3,(H,29,31). The van der Waals surface area contributed by atoms with Crippen molar-refractivity contribution in [1.29, 1.82) is 0 Å². The molecule has 0 aromatic heterocycles. The van der Waals surface area contributed by atoms with Crippen LogP contribution >= 0.6 is 0 Å². The van der Waals surface area contributed by atoms with Crippen LogP contribution in [-0.4, -0.2) is 32.0 Å². The first-order chi connectivity index (χ1) is 16.1. The lowest BCUT2D eigenvalue weighted by Gasteiger charge is -2.25. The van der Waals surface area contributed by atoms with Crippen LogP contribution in [0.5, 0.6) is 0 Å². The lowest BCUT2D eigenvalue weighted by molar-refractivity contribution is 0.0393. The first kappa shape index (κ1) is 22.7. The molecule has 0 saturated heterocycles. The van der Waals surface area contributed by atoms with Gasteiger partial charge in [-0.25, -0.2) is 0 Å². The van der Waals surface area contributed by atoms with Crippen LogP contribution in [-0.2, 0) is 11.2 Å². The molecule has 2 amide bonds. The van der Waals surface area contributed by atoms with Crippen LogP contribution in [0.15, 0.2) is 78.9 Å². The Morgan fingerprint density at radius 2 is 1.73 bits per heavy atom. The summed E-state index contributed by atoms with van der Waals surface area (Å²) < 4.78 is 6.11. The van der Waals surface area contributed by atoms with Gasteiger partial charge in [0.05, 0.1) is 6.10 Å². The number of nitrogens with zero attached hydrogens (tertiary/aromatic N) is 1. The summed E-state index contributed by atoms with van der Waals surface area (Å²) in [5.41, 5.74) is 4.44. The van der Waals surface area contributed by atoms with E-state index in [0.29, 0.717) is 24.3 Å². The van der Waals surface area contributed by atoms with Crippen molar-refractivity contribution >= 4 is 17.5 Å². The van der Waals surface area contributed by atoms with Crippen molar-refractivity contribution in [2.45, 2.75) is 31.8 Å². The molecular formula is C28H30N2O3. The van der Waals surface area contributed by atoms with E-state index in [-0.39, 0.29) is 17.9 Å². The lowest BCUT2D eigenvalue weighted by atomic mass is 9.89. The zero-order valence-corrected chi connectivity index (χ0v) is 19.0. The first-order valence-electron chi connectivity index (χ1n) is 11.5. The molecule has 0 radical (unpaired) electrons. The normalized spacial score (nSPS) is 14.9. The summed E-state index contributed by atoms with van der Waals surface area (Å²) >= 11 is 0. The Morgan fingerprint density at radius 3 is 2.58 bits per heavy atom. The van der Waals surface area contributed by atoms with E-state index in [1.165, 1.54) is 11.1 Å². The smallest absolute Gasteiger partial charge is 0.258 e. The van der Waals surface area contributed by atoms with Gasteiger partial charge in [0.15, 0.2) is 0 Å². The summed E-state index contributed by atoms with van der Waals surface area (Å²) in [6.45, 7) is 1.12. The molecular weight excluding hydrogens is 412 g/mol. The summed E-state index contributed by atoms with van der Waals surface area (Å²) in [5.74, 6) is -0.341. The molecule has 3 aromatic rings. The summed E-state index contributed by atoms with van der Waals surface area (Å²) in [7, 11) is 1.73. The van der Waals surface area contributed by atoms with Crippen LogP contribution in [0.25, 0.3) is 0 Å². The highest BCUT2D eigenvalue weighted by Crippen LogP contribution is 2.32. The number of fused-ring (bicyclic) bond motifs is 1. The first-order valence-corrected chi connectivity index (χ1v) is 11.5. The molecule has 0 saturated carbocycles. The highest BCUT2D eigenvalue weighted by Gasteiger charge is 2.20. The van der Waals surface area contributed by atoms with Crippen LogP contribution < -0.4 is 10.2 Å². The van der Waals surface area contributed by atoms with E-state index in [1.807, 2.05) is 30.3 Å². The summed E-state index contributed by atoms with van der Waals surface area (Å²) in [6.07, 6.45) is 4.19. The Labute approximate surface area is 195 Å². The van der Waals surface area contributed by atoms with Crippen LogP contribution in [0.1, 0.15) is 57.2 Å². The van der Waals surface area contributed by atoms with Gasteiger partial charge < -0.3 is 15.0 Å². The van der Waals surface area contributed by atoms with Crippen LogP contribution in [0.4, 0.5) is 5.69 Å². The molecule has 5 heteroatoms. The van der Waals surface area contributed by atoms with Gasteiger partial charge in [0, 0.05) is 37.0 Å². The summed E-state index contributed by atoms with van der Waals surface area (Å²) in [5, 5.41) is 2.94. The Bertz CT molecular complexity index is 1100. The minimum Gasteiger partial charge on any atom is -0.373 e. The molecule has 1 unspecified atom stereocenters. The molecule has 0 bridgehead atoms. The topological polar surface area (TPSA) is 58.6 Å². The Morgan fingerprint density at radius 1 is 0.970 bits per heavy atom. The fourth-order valence-corrected chi connectivity index (χ4v) is 4.24. The molecule has 3 aromatic carbocycles. The highest BCUT2D eigenvalue weighted by molar-refractivity contribution is 6.07. The van der Waals surface area contributed by atoms with E-state index in [4.69, 9.17) is 4.74 Å². The van der Waals surface area contributed by atoms with Gasteiger partial charge >= 0.3 is 0 Å². The second-order valence-electron chi connectivity index (χ2n) is 8.34. The van der Waals surface area contributed by atoms with Crippen LogP contribution in [0.3, 0.4) is 0 Å². The number of rotatable bonds is 8. The highest BCUT2D eigenvalue weighted by atomic mass is 16.5. The number of aryl methyl sites for hydroxylation is 1. The lowest BCUT2D eigenvalue weighted by Crippen LogP contribution is -2.28. The predicted octanol–water partition coefficient (Wildman–Crippen LogP) is 5.18. The number of benzene rings is 3. The van der Waals surface area contributed by atoms with Crippen molar-refractivity contribution in [2.24, 2.45) is 0 Å². The van der Waals surface area contributed by atoms with E-state index in [0.717, 1.165) is 31.4 Å². The van der Waals surface area contributed by atoms with Gasteiger partial charge in [-0.05, 0) is 67.1 Å². The minimum atomic E-state index is -0.185. The molecule has 5 nitrogen and oxygen atoms in total. The molecule has 1 aliphatic rings.